The van der Waals surface area contributed by atoms with E-state index in [0.717, 1.165) is 21.2 Å². The topological polar surface area (TPSA) is 76.4 Å². The van der Waals surface area contributed by atoms with Gasteiger partial charge in [-0.25, -0.2) is 4.98 Å². The highest BCUT2D eigenvalue weighted by Gasteiger charge is 2.19. The lowest BCUT2D eigenvalue weighted by Crippen LogP contribution is -2.21. The van der Waals surface area contributed by atoms with E-state index in [1.54, 1.807) is 11.8 Å². The summed E-state index contributed by atoms with van der Waals surface area (Å²) in [5.41, 5.74) is 2.28. The van der Waals surface area contributed by atoms with Crippen LogP contribution in [-0.4, -0.2) is 20.5 Å². The molecule has 0 aliphatic rings. The molecule has 2 heterocycles. The predicted octanol–water partition coefficient (Wildman–Crippen LogP) is 4.88. The van der Waals surface area contributed by atoms with Crippen LogP contribution in [0.5, 0.6) is 0 Å². The van der Waals surface area contributed by atoms with E-state index >= 15 is 0 Å². The zero-order valence-electron chi connectivity index (χ0n) is 17.2. The van der Waals surface area contributed by atoms with Crippen LogP contribution >= 0.6 is 23.1 Å². The molecule has 4 rings (SSSR count). The van der Waals surface area contributed by atoms with Crippen LogP contribution in [-0.2, 0) is 10.5 Å². The molecular formula is C23H22N4O2S2. The number of aromatic nitrogens is 3. The standard InChI is InChI=1S/C23H22N4O2S2/c1-3-18(16-9-5-4-6-10-16)22(29)25-19-11-7-8-12-20(19)30-14-17-13-21(28)27-23(24-17)31-15(2)26-27/h4-13,18H,3,14H2,1-2H3,(H,25,29)/t18-/m0/s1. The Hall–Kier alpha value is -2.97. The number of rotatable bonds is 7. The summed E-state index contributed by atoms with van der Waals surface area (Å²) >= 11 is 2.93. The number of para-hydroxylation sites is 1. The molecule has 2 aromatic heterocycles. The summed E-state index contributed by atoms with van der Waals surface area (Å²) < 4.78 is 1.33. The first-order chi connectivity index (χ1) is 15.0. The molecule has 0 fully saturated rings. The Labute approximate surface area is 188 Å². The normalized spacial score (nSPS) is 12.1. The molecule has 8 heteroatoms. The van der Waals surface area contributed by atoms with Gasteiger partial charge in [0, 0.05) is 16.7 Å². The van der Waals surface area contributed by atoms with Gasteiger partial charge in [0.1, 0.15) is 5.01 Å². The predicted molar refractivity (Wildman–Crippen MR) is 126 cm³/mol. The van der Waals surface area contributed by atoms with Crippen molar-refractivity contribution in [1.82, 2.24) is 14.6 Å². The Morgan fingerprint density at radius 3 is 2.68 bits per heavy atom. The molecule has 1 amide bonds. The van der Waals surface area contributed by atoms with E-state index < -0.39 is 0 Å². The van der Waals surface area contributed by atoms with Crippen LogP contribution < -0.4 is 10.9 Å². The Balaban J connectivity index is 1.51. The second-order valence-corrected chi connectivity index (χ2v) is 9.22. The molecule has 0 aliphatic heterocycles. The molecule has 0 bridgehead atoms. The molecule has 0 saturated heterocycles. The minimum Gasteiger partial charge on any atom is -0.325 e. The number of hydrogen-bond acceptors (Lipinski definition) is 6. The largest absolute Gasteiger partial charge is 0.325 e. The van der Waals surface area contributed by atoms with Crippen LogP contribution in [0.15, 0.2) is 70.4 Å². The summed E-state index contributed by atoms with van der Waals surface area (Å²) in [4.78, 5) is 31.3. The average molecular weight is 451 g/mol. The molecule has 1 atom stereocenters. The van der Waals surface area contributed by atoms with Crippen molar-refractivity contribution in [2.45, 2.75) is 36.8 Å². The van der Waals surface area contributed by atoms with E-state index in [9.17, 15) is 9.59 Å². The third kappa shape index (κ3) is 4.86. The maximum atomic E-state index is 13.0. The van der Waals surface area contributed by atoms with Gasteiger partial charge in [-0.2, -0.15) is 9.61 Å². The highest BCUT2D eigenvalue weighted by molar-refractivity contribution is 7.98. The lowest BCUT2D eigenvalue weighted by molar-refractivity contribution is -0.117. The second-order valence-electron chi connectivity index (χ2n) is 7.05. The van der Waals surface area contributed by atoms with E-state index in [2.05, 4.69) is 15.4 Å². The highest BCUT2D eigenvalue weighted by atomic mass is 32.2. The first-order valence-electron chi connectivity index (χ1n) is 9.99. The Morgan fingerprint density at radius 2 is 1.90 bits per heavy atom. The van der Waals surface area contributed by atoms with Gasteiger partial charge in [0.25, 0.3) is 5.56 Å². The molecule has 1 N–H and O–H groups in total. The molecule has 0 radical (unpaired) electrons. The number of benzene rings is 2. The minimum atomic E-state index is -0.210. The van der Waals surface area contributed by atoms with Gasteiger partial charge >= 0.3 is 0 Å². The number of carbonyl (C=O) groups excluding carboxylic acids is 1. The molecule has 0 unspecified atom stereocenters. The lowest BCUT2D eigenvalue weighted by Gasteiger charge is -2.17. The zero-order chi connectivity index (χ0) is 21.8. The summed E-state index contributed by atoms with van der Waals surface area (Å²) in [7, 11) is 0. The second kappa shape index (κ2) is 9.45. The van der Waals surface area contributed by atoms with Gasteiger partial charge in [0.2, 0.25) is 10.9 Å². The fourth-order valence-corrected chi connectivity index (χ4v) is 5.02. The highest BCUT2D eigenvalue weighted by Crippen LogP contribution is 2.31. The molecule has 2 aromatic carbocycles. The number of nitrogens with one attached hydrogen (secondary N) is 1. The quantitative estimate of drug-likeness (QED) is 0.406. The first-order valence-corrected chi connectivity index (χ1v) is 11.8. The molecule has 4 aromatic rings. The van der Waals surface area contributed by atoms with Crippen LogP contribution in [0.2, 0.25) is 0 Å². The minimum absolute atomic E-state index is 0.0281. The Morgan fingerprint density at radius 1 is 1.16 bits per heavy atom. The third-order valence-corrected chi connectivity index (χ3v) is 6.78. The number of nitrogens with zero attached hydrogens (tertiary/aromatic N) is 3. The fraction of sp³-hybridized carbons (Fsp3) is 0.217. The number of hydrogen-bond donors (Lipinski definition) is 1. The maximum absolute atomic E-state index is 13.0. The first kappa shape index (κ1) is 21.3. The van der Waals surface area contributed by atoms with E-state index in [4.69, 9.17) is 0 Å². The van der Waals surface area contributed by atoms with Crippen molar-refractivity contribution in [3.05, 3.63) is 87.3 Å². The van der Waals surface area contributed by atoms with Crippen molar-refractivity contribution in [2.75, 3.05) is 5.32 Å². The molecule has 31 heavy (non-hydrogen) atoms. The maximum Gasteiger partial charge on any atom is 0.275 e. The monoisotopic (exact) mass is 450 g/mol. The molecule has 0 saturated carbocycles. The van der Waals surface area contributed by atoms with Crippen LogP contribution in [0.25, 0.3) is 4.96 Å². The summed E-state index contributed by atoms with van der Waals surface area (Å²) in [5.74, 6) is 0.281. The smallest absolute Gasteiger partial charge is 0.275 e. The Kier molecular flexibility index (Phi) is 6.48. The fourth-order valence-electron chi connectivity index (χ4n) is 3.35. The third-order valence-electron chi connectivity index (χ3n) is 4.85. The van der Waals surface area contributed by atoms with Gasteiger partial charge in [0.05, 0.1) is 17.3 Å². The van der Waals surface area contributed by atoms with Gasteiger partial charge in [0.15, 0.2) is 0 Å². The number of anilines is 1. The zero-order valence-corrected chi connectivity index (χ0v) is 18.9. The number of carbonyl (C=O) groups is 1. The summed E-state index contributed by atoms with van der Waals surface area (Å²) in [6.07, 6.45) is 0.716. The molecule has 158 valence electrons. The van der Waals surface area contributed by atoms with E-state index in [1.165, 1.54) is 21.9 Å². The average Bonchev–Trinajstić information content (AvgIpc) is 3.15. The van der Waals surface area contributed by atoms with Crippen molar-refractivity contribution >= 4 is 39.7 Å². The van der Waals surface area contributed by atoms with Gasteiger partial charge in [-0.05, 0) is 31.0 Å². The van der Waals surface area contributed by atoms with Crippen molar-refractivity contribution in [1.29, 1.82) is 0 Å². The lowest BCUT2D eigenvalue weighted by atomic mass is 9.95. The Bertz CT molecular complexity index is 1270. The van der Waals surface area contributed by atoms with E-state index in [-0.39, 0.29) is 17.4 Å². The van der Waals surface area contributed by atoms with Crippen LogP contribution in [0, 0.1) is 6.92 Å². The number of fused-ring (bicyclic) bond motifs is 1. The van der Waals surface area contributed by atoms with Gasteiger partial charge in [-0.1, -0.05) is 60.7 Å². The van der Waals surface area contributed by atoms with Crippen molar-refractivity contribution in [3.8, 4) is 0 Å². The van der Waals surface area contributed by atoms with E-state index in [1.807, 2.05) is 68.4 Å². The van der Waals surface area contributed by atoms with Gasteiger partial charge < -0.3 is 5.32 Å². The molecule has 0 aliphatic carbocycles. The van der Waals surface area contributed by atoms with Gasteiger partial charge in [-0.15, -0.1) is 11.8 Å². The van der Waals surface area contributed by atoms with Crippen molar-refractivity contribution in [2.24, 2.45) is 0 Å². The van der Waals surface area contributed by atoms with Crippen molar-refractivity contribution in [3.63, 3.8) is 0 Å². The van der Waals surface area contributed by atoms with Crippen LogP contribution in [0.4, 0.5) is 5.69 Å². The molecule has 0 spiro atoms. The molecular weight excluding hydrogens is 428 g/mol. The number of amides is 1. The summed E-state index contributed by atoms with van der Waals surface area (Å²) in [6, 6.07) is 19.0. The summed E-state index contributed by atoms with van der Waals surface area (Å²) in [5, 5.41) is 8.06. The van der Waals surface area contributed by atoms with E-state index in [0.29, 0.717) is 22.8 Å². The SMILES string of the molecule is CC[C@H](C(=O)Nc1ccccc1SCc1cc(=O)n2nc(C)sc2n1)c1ccccc1. The van der Waals surface area contributed by atoms with Crippen LogP contribution in [0.1, 0.15) is 35.5 Å². The number of thioether (sulfide) groups is 1. The van der Waals surface area contributed by atoms with Crippen molar-refractivity contribution < 1.29 is 4.79 Å². The molecule has 6 nitrogen and oxygen atoms in total. The number of aryl methyl sites for hydroxylation is 1. The summed E-state index contributed by atoms with van der Waals surface area (Å²) in [6.45, 7) is 3.87. The van der Waals surface area contributed by atoms with Crippen LogP contribution in [0.3, 0.4) is 0 Å². The van der Waals surface area contributed by atoms with Gasteiger partial charge in [-0.3, -0.25) is 9.59 Å².